The fraction of sp³-hybridized carbons (Fsp3) is 0.409. The van der Waals surface area contributed by atoms with Gasteiger partial charge in [0.15, 0.2) is 0 Å². The molecule has 1 unspecified atom stereocenters. The van der Waals surface area contributed by atoms with Crippen LogP contribution in [0.2, 0.25) is 5.02 Å². The number of piperidine rings is 1. The molecule has 2 aromatic rings. The Balaban J connectivity index is 1.49. The number of hydrogen-bond acceptors (Lipinski definition) is 3. The second-order valence-corrected chi connectivity index (χ2v) is 8.78. The molecule has 1 fully saturated rings. The predicted octanol–water partition coefficient (Wildman–Crippen LogP) is 5.55. The van der Waals surface area contributed by atoms with Crippen molar-refractivity contribution in [3.8, 4) is 0 Å². The van der Waals surface area contributed by atoms with Crippen molar-refractivity contribution in [2.24, 2.45) is 5.92 Å². The van der Waals surface area contributed by atoms with Gasteiger partial charge in [0.2, 0.25) is 5.91 Å². The molecule has 0 aliphatic carbocycles. The van der Waals surface area contributed by atoms with Crippen molar-refractivity contribution in [1.29, 1.82) is 0 Å². The Bertz CT molecular complexity index is 740. The second-order valence-electron chi connectivity index (χ2n) is 7.29. The molecule has 3 rings (SSSR count). The maximum absolute atomic E-state index is 12.2. The molecule has 0 saturated carbocycles. The highest BCUT2D eigenvalue weighted by molar-refractivity contribution is 8.00. The summed E-state index contributed by atoms with van der Waals surface area (Å²) in [6, 6.07) is 16.2. The van der Waals surface area contributed by atoms with E-state index in [-0.39, 0.29) is 11.9 Å². The van der Waals surface area contributed by atoms with Gasteiger partial charge in [-0.05, 0) is 67.6 Å². The molecule has 0 spiro atoms. The van der Waals surface area contributed by atoms with Gasteiger partial charge in [-0.2, -0.15) is 0 Å². The van der Waals surface area contributed by atoms with Gasteiger partial charge in [0.25, 0.3) is 0 Å². The van der Waals surface area contributed by atoms with Crippen LogP contribution in [0.15, 0.2) is 53.4 Å². The van der Waals surface area contributed by atoms with Gasteiger partial charge in [-0.3, -0.25) is 4.79 Å². The van der Waals surface area contributed by atoms with E-state index in [0.29, 0.717) is 10.8 Å². The van der Waals surface area contributed by atoms with Gasteiger partial charge < -0.3 is 10.2 Å². The van der Waals surface area contributed by atoms with Gasteiger partial charge in [0, 0.05) is 28.7 Å². The molecular formula is C22H27ClN2OS. The van der Waals surface area contributed by atoms with Crippen LogP contribution >= 0.6 is 23.4 Å². The number of carbonyl (C=O) groups is 1. The Morgan fingerprint density at radius 1 is 1.15 bits per heavy atom. The lowest BCUT2D eigenvalue weighted by Gasteiger charge is -2.32. The average molecular weight is 403 g/mol. The van der Waals surface area contributed by atoms with Crippen LogP contribution in [0.5, 0.6) is 0 Å². The first-order valence-electron chi connectivity index (χ1n) is 9.54. The van der Waals surface area contributed by atoms with Gasteiger partial charge in [-0.15, -0.1) is 11.8 Å². The third-order valence-electron chi connectivity index (χ3n) is 5.10. The molecule has 0 aromatic heterocycles. The van der Waals surface area contributed by atoms with Gasteiger partial charge in [-0.1, -0.05) is 30.7 Å². The van der Waals surface area contributed by atoms with Gasteiger partial charge >= 0.3 is 0 Å². The molecule has 0 bridgehead atoms. The van der Waals surface area contributed by atoms with E-state index < -0.39 is 0 Å². The average Bonchev–Trinajstić information content (AvgIpc) is 2.68. The van der Waals surface area contributed by atoms with Crippen LogP contribution in [0.1, 0.15) is 38.3 Å². The summed E-state index contributed by atoms with van der Waals surface area (Å²) in [6.45, 7) is 6.63. The summed E-state index contributed by atoms with van der Waals surface area (Å²) in [4.78, 5) is 15.7. The highest BCUT2D eigenvalue weighted by Gasteiger charge is 2.16. The molecule has 1 N–H and O–H groups in total. The van der Waals surface area contributed by atoms with Gasteiger partial charge in [0.05, 0.1) is 11.8 Å². The van der Waals surface area contributed by atoms with Crippen molar-refractivity contribution in [2.45, 2.75) is 37.6 Å². The van der Waals surface area contributed by atoms with Crippen LogP contribution in [0.3, 0.4) is 0 Å². The fourth-order valence-electron chi connectivity index (χ4n) is 3.29. The maximum Gasteiger partial charge on any atom is 0.230 e. The highest BCUT2D eigenvalue weighted by atomic mass is 35.5. The summed E-state index contributed by atoms with van der Waals surface area (Å²) in [5, 5.41) is 3.79. The SMILES string of the molecule is CC1CCN(c2ccc(C(C)NC(=O)CSc3ccc(Cl)cc3)cc2)CC1. The Kier molecular flexibility index (Phi) is 7.08. The van der Waals surface area contributed by atoms with E-state index in [2.05, 4.69) is 41.4 Å². The number of nitrogens with zero attached hydrogens (tertiary/aromatic N) is 1. The number of rotatable bonds is 6. The van der Waals surface area contributed by atoms with Crippen LogP contribution in [-0.2, 0) is 4.79 Å². The molecule has 1 amide bonds. The first-order chi connectivity index (χ1) is 13.0. The van der Waals surface area contributed by atoms with Crippen LogP contribution in [-0.4, -0.2) is 24.7 Å². The van der Waals surface area contributed by atoms with E-state index in [4.69, 9.17) is 11.6 Å². The smallest absolute Gasteiger partial charge is 0.230 e. The number of hydrogen-bond donors (Lipinski definition) is 1. The van der Waals surface area contributed by atoms with Gasteiger partial charge in [-0.25, -0.2) is 0 Å². The lowest BCUT2D eigenvalue weighted by Crippen LogP contribution is -2.32. The lowest BCUT2D eigenvalue weighted by molar-refractivity contribution is -0.119. The Labute approximate surface area is 171 Å². The van der Waals surface area contributed by atoms with E-state index in [0.717, 1.165) is 29.5 Å². The van der Waals surface area contributed by atoms with Crippen LogP contribution in [0, 0.1) is 5.92 Å². The maximum atomic E-state index is 12.2. The molecular weight excluding hydrogens is 376 g/mol. The molecule has 5 heteroatoms. The van der Waals surface area contributed by atoms with E-state index >= 15 is 0 Å². The Morgan fingerprint density at radius 3 is 2.41 bits per heavy atom. The molecule has 2 aromatic carbocycles. The first kappa shape index (κ1) is 20.1. The number of halogens is 1. The van der Waals surface area contributed by atoms with E-state index in [1.54, 1.807) is 0 Å². The van der Waals surface area contributed by atoms with Crippen LogP contribution < -0.4 is 10.2 Å². The molecule has 0 radical (unpaired) electrons. The number of nitrogens with one attached hydrogen (secondary N) is 1. The standard InChI is InChI=1S/C22H27ClN2OS/c1-16-11-13-25(14-12-16)20-7-3-18(4-8-20)17(2)24-22(26)15-27-21-9-5-19(23)6-10-21/h3-10,16-17H,11-15H2,1-2H3,(H,24,26). The summed E-state index contributed by atoms with van der Waals surface area (Å²) >= 11 is 7.40. The van der Waals surface area contributed by atoms with Crippen molar-refractivity contribution >= 4 is 35.0 Å². The monoisotopic (exact) mass is 402 g/mol. The summed E-state index contributed by atoms with van der Waals surface area (Å²) in [7, 11) is 0. The highest BCUT2D eigenvalue weighted by Crippen LogP contribution is 2.25. The van der Waals surface area contributed by atoms with E-state index in [1.807, 2.05) is 31.2 Å². The van der Waals surface area contributed by atoms with Crippen molar-refractivity contribution in [3.05, 3.63) is 59.1 Å². The quantitative estimate of drug-likeness (QED) is 0.643. The van der Waals surface area contributed by atoms with Crippen molar-refractivity contribution in [3.63, 3.8) is 0 Å². The summed E-state index contributed by atoms with van der Waals surface area (Å²) in [5.41, 5.74) is 2.41. The predicted molar refractivity (Wildman–Crippen MR) is 116 cm³/mol. The second kappa shape index (κ2) is 9.52. The molecule has 1 atom stereocenters. The van der Waals surface area contributed by atoms with E-state index in [9.17, 15) is 4.79 Å². The van der Waals surface area contributed by atoms with Crippen molar-refractivity contribution < 1.29 is 4.79 Å². The number of anilines is 1. The zero-order valence-corrected chi connectivity index (χ0v) is 17.5. The molecule has 1 saturated heterocycles. The first-order valence-corrected chi connectivity index (χ1v) is 10.9. The number of thioether (sulfide) groups is 1. The fourth-order valence-corrected chi connectivity index (χ4v) is 4.12. The molecule has 1 heterocycles. The van der Waals surface area contributed by atoms with E-state index in [1.165, 1.54) is 30.3 Å². The molecule has 144 valence electrons. The largest absolute Gasteiger partial charge is 0.372 e. The third kappa shape index (κ3) is 5.91. The van der Waals surface area contributed by atoms with Crippen molar-refractivity contribution in [2.75, 3.05) is 23.7 Å². The number of amides is 1. The summed E-state index contributed by atoms with van der Waals surface area (Å²) in [5.74, 6) is 1.27. The summed E-state index contributed by atoms with van der Waals surface area (Å²) in [6.07, 6.45) is 2.53. The lowest BCUT2D eigenvalue weighted by atomic mass is 9.98. The number of benzene rings is 2. The summed E-state index contributed by atoms with van der Waals surface area (Å²) < 4.78 is 0. The zero-order chi connectivity index (χ0) is 19.2. The molecule has 1 aliphatic rings. The van der Waals surface area contributed by atoms with Crippen LogP contribution in [0.4, 0.5) is 5.69 Å². The third-order valence-corrected chi connectivity index (χ3v) is 6.37. The molecule has 3 nitrogen and oxygen atoms in total. The normalized spacial score (nSPS) is 16.2. The minimum Gasteiger partial charge on any atom is -0.372 e. The Morgan fingerprint density at radius 2 is 1.78 bits per heavy atom. The topological polar surface area (TPSA) is 32.3 Å². The minimum atomic E-state index is -0.00116. The van der Waals surface area contributed by atoms with Gasteiger partial charge in [0.1, 0.15) is 0 Å². The van der Waals surface area contributed by atoms with Crippen molar-refractivity contribution in [1.82, 2.24) is 5.32 Å². The molecule has 1 aliphatic heterocycles. The molecule has 27 heavy (non-hydrogen) atoms. The Hall–Kier alpha value is -1.65. The number of carbonyl (C=O) groups excluding carboxylic acids is 1. The van der Waals surface area contributed by atoms with Crippen LogP contribution in [0.25, 0.3) is 0 Å². The minimum absolute atomic E-state index is 0.00116. The zero-order valence-electron chi connectivity index (χ0n) is 16.0.